The Bertz CT molecular complexity index is 115. The zero-order valence-electron chi connectivity index (χ0n) is 5.65. The Morgan fingerprint density at radius 3 is 2.30 bits per heavy atom. The summed E-state index contributed by atoms with van der Waals surface area (Å²) in [7, 11) is 0. The van der Waals surface area contributed by atoms with Crippen molar-refractivity contribution in [2.75, 3.05) is 0 Å². The second-order valence-electron chi connectivity index (χ2n) is 2.11. The molecule has 0 amide bonds. The summed E-state index contributed by atoms with van der Waals surface area (Å²) in [5.74, 6) is 0. The topological polar surface area (TPSA) is 26.0 Å². The molecule has 0 aromatic carbocycles. The minimum absolute atomic E-state index is 0.303. The van der Waals surface area contributed by atoms with Gasteiger partial charge in [-0.3, -0.25) is 0 Å². The van der Waals surface area contributed by atoms with Crippen molar-refractivity contribution in [1.82, 2.24) is 0 Å². The Labute approximate surface area is 57.7 Å². The molecule has 1 unspecified atom stereocenters. The van der Waals surface area contributed by atoms with Crippen molar-refractivity contribution in [3.63, 3.8) is 0 Å². The summed E-state index contributed by atoms with van der Waals surface area (Å²) in [4.78, 5) is 0. The van der Waals surface area contributed by atoms with Gasteiger partial charge in [0.15, 0.2) is 0 Å². The van der Waals surface area contributed by atoms with E-state index in [0.29, 0.717) is 0 Å². The Balaban J connectivity index is 3.54. The molecule has 0 rings (SSSR count). The Morgan fingerprint density at radius 1 is 1.50 bits per heavy atom. The van der Waals surface area contributed by atoms with Gasteiger partial charge in [0.1, 0.15) is 0 Å². The molecule has 0 fully saturated rings. The van der Waals surface area contributed by atoms with Crippen LogP contribution in [0, 0.1) is 0 Å². The molecule has 0 saturated carbocycles. The maximum Gasteiger partial charge on any atom is 0.392 e. The summed E-state index contributed by atoms with van der Waals surface area (Å²) in [5, 5.41) is 0. The third-order valence-corrected chi connectivity index (χ3v) is 0.789. The van der Waals surface area contributed by atoms with Crippen LogP contribution in [0.5, 0.6) is 0 Å². The van der Waals surface area contributed by atoms with E-state index in [1.807, 2.05) is 0 Å². The first-order chi connectivity index (χ1) is 4.42. The fraction of sp³-hybridized carbons (Fsp3) is 0.667. The molecule has 0 radical (unpaired) electrons. The van der Waals surface area contributed by atoms with Gasteiger partial charge in [0, 0.05) is 6.04 Å². The van der Waals surface area contributed by atoms with Crippen molar-refractivity contribution in [3.05, 3.63) is 12.2 Å². The molecule has 10 heavy (non-hydrogen) atoms. The predicted octanol–water partition coefficient (Wildman–Crippen LogP) is 1.84. The monoisotopic (exact) mass is 153 g/mol. The van der Waals surface area contributed by atoms with E-state index in [9.17, 15) is 13.2 Å². The maximum absolute atomic E-state index is 11.4. The molecule has 0 bridgehead atoms. The molecular weight excluding hydrogens is 143 g/mol. The SMILES string of the molecule is CC(N)/C=C/CC(F)(F)F. The van der Waals surface area contributed by atoms with Crippen LogP contribution < -0.4 is 5.73 Å². The molecule has 0 aromatic heterocycles. The number of halogens is 3. The maximum atomic E-state index is 11.4. The number of hydrogen-bond acceptors (Lipinski definition) is 1. The highest BCUT2D eigenvalue weighted by molar-refractivity contribution is 4.90. The van der Waals surface area contributed by atoms with Crippen LogP contribution in [0.2, 0.25) is 0 Å². The van der Waals surface area contributed by atoms with E-state index < -0.39 is 12.6 Å². The average Bonchev–Trinajstić information content (AvgIpc) is 1.59. The van der Waals surface area contributed by atoms with E-state index in [1.54, 1.807) is 6.92 Å². The van der Waals surface area contributed by atoms with Crippen LogP contribution in [-0.4, -0.2) is 12.2 Å². The molecule has 0 saturated heterocycles. The normalized spacial score (nSPS) is 16.1. The van der Waals surface area contributed by atoms with Crippen molar-refractivity contribution in [2.45, 2.75) is 25.6 Å². The van der Waals surface area contributed by atoms with Crippen LogP contribution in [0.15, 0.2) is 12.2 Å². The van der Waals surface area contributed by atoms with Crippen LogP contribution in [-0.2, 0) is 0 Å². The molecule has 0 aromatic rings. The van der Waals surface area contributed by atoms with Crippen molar-refractivity contribution in [1.29, 1.82) is 0 Å². The van der Waals surface area contributed by atoms with Crippen molar-refractivity contribution in [3.8, 4) is 0 Å². The van der Waals surface area contributed by atoms with Crippen LogP contribution >= 0.6 is 0 Å². The first-order valence-corrected chi connectivity index (χ1v) is 2.91. The highest BCUT2D eigenvalue weighted by atomic mass is 19.4. The van der Waals surface area contributed by atoms with E-state index in [4.69, 9.17) is 5.73 Å². The summed E-state index contributed by atoms with van der Waals surface area (Å²) in [6.07, 6.45) is -2.64. The van der Waals surface area contributed by atoms with Crippen LogP contribution in [0.25, 0.3) is 0 Å². The number of alkyl halides is 3. The van der Waals surface area contributed by atoms with E-state index in [1.165, 1.54) is 6.08 Å². The summed E-state index contributed by atoms with van der Waals surface area (Å²) in [6.45, 7) is 1.62. The molecule has 0 aliphatic rings. The molecule has 2 N–H and O–H groups in total. The summed E-state index contributed by atoms with van der Waals surface area (Å²) >= 11 is 0. The standard InChI is InChI=1S/C6H10F3N/c1-5(10)3-2-4-6(7,8)9/h2-3,5H,4,10H2,1H3/b3-2+. The third-order valence-electron chi connectivity index (χ3n) is 0.789. The second kappa shape index (κ2) is 3.61. The molecule has 0 heterocycles. The number of allylic oxidation sites excluding steroid dienone is 1. The number of nitrogens with two attached hydrogens (primary N) is 1. The highest BCUT2D eigenvalue weighted by Gasteiger charge is 2.24. The van der Waals surface area contributed by atoms with Gasteiger partial charge in [-0.25, -0.2) is 0 Å². The number of rotatable bonds is 2. The van der Waals surface area contributed by atoms with Gasteiger partial charge in [-0.1, -0.05) is 12.2 Å². The van der Waals surface area contributed by atoms with Gasteiger partial charge >= 0.3 is 6.18 Å². The lowest BCUT2D eigenvalue weighted by atomic mass is 10.3. The highest BCUT2D eigenvalue weighted by Crippen LogP contribution is 2.19. The molecule has 1 nitrogen and oxygen atoms in total. The zero-order chi connectivity index (χ0) is 8.20. The van der Waals surface area contributed by atoms with Gasteiger partial charge in [-0.15, -0.1) is 0 Å². The third kappa shape index (κ3) is 7.49. The van der Waals surface area contributed by atoms with E-state index >= 15 is 0 Å². The largest absolute Gasteiger partial charge is 0.392 e. The fourth-order valence-corrected chi connectivity index (χ4v) is 0.416. The van der Waals surface area contributed by atoms with Crippen molar-refractivity contribution >= 4 is 0 Å². The predicted molar refractivity (Wildman–Crippen MR) is 33.5 cm³/mol. The van der Waals surface area contributed by atoms with E-state index in [0.717, 1.165) is 6.08 Å². The van der Waals surface area contributed by atoms with Crippen molar-refractivity contribution in [2.24, 2.45) is 5.73 Å². The minimum atomic E-state index is -4.11. The lowest BCUT2D eigenvalue weighted by Crippen LogP contribution is -2.11. The van der Waals surface area contributed by atoms with E-state index in [2.05, 4.69) is 0 Å². The quantitative estimate of drug-likeness (QED) is 0.602. The molecule has 0 spiro atoms. The van der Waals surface area contributed by atoms with E-state index in [-0.39, 0.29) is 6.04 Å². The molecular formula is C6H10F3N. The first-order valence-electron chi connectivity index (χ1n) is 2.91. The summed E-state index contributed by atoms with van der Waals surface area (Å²) < 4.78 is 34.2. The molecule has 0 aliphatic carbocycles. The minimum Gasteiger partial charge on any atom is -0.325 e. The molecule has 0 aliphatic heterocycles. The van der Waals surface area contributed by atoms with Crippen LogP contribution in [0.4, 0.5) is 13.2 Å². The molecule has 60 valence electrons. The summed E-state index contributed by atoms with van der Waals surface area (Å²) in [6, 6.07) is -0.303. The van der Waals surface area contributed by atoms with Gasteiger partial charge < -0.3 is 5.73 Å². The average molecular weight is 153 g/mol. The van der Waals surface area contributed by atoms with Crippen LogP contribution in [0.1, 0.15) is 13.3 Å². The second-order valence-corrected chi connectivity index (χ2v) is 2.11. The fourth-order valence-electron chi connectivity index (χ4n) is 0.416. The molecule has 4 heteroatoms. The first kappa shape index (κ1) is 9.49. The Hall–Kier alpha value is -0.510. The summed E-state index contributed by atoms with van der Waals surface area (Å²) in [5.41, 5.74) is 5.17. The van der Waals surface area contributed by atoms with Crippen LogP contribution in [0.3, 0.4) is 0 Å². The lowest BCUT2D eigenvalue weighted by molar-refractivity contribution is -0.125. The molecule has 1 atom stereocenters. The van der Waals surface area contributed by atoms with Gasteiger partial charge in [-0.05, 0) is 6.92 Å². The van der Waals surface area contributed by atoms with Gasteiger partial charge in [0.2, 0.25) is 0 Å². The number of hydrogen-bond donors (Lipinski definition) is 1. The lowest BCUT2D eigenvalue weighted by Gasteiger charge is -2.00. The Morgan fingerprint density at radius 2 is 2.00 bits per heavy atom. The van der Waals surface area contributed by atoms with Gasteiger partial charge in [0.25, 0.3) is 0 Å². The Kier molecular flexibility index (Phi) is 3.42. The van der Waals surface area contributed by atoms with Gasteiger partial charge in [0.05, 0.1) is 6.42 Å². The van der Waals surface area contributed by atoms with Crippen molar-refractivity contribution < 1.29 is 13.2 Å². The van der Waals surface area contributed by atoms with Gasteiger partial charge in [-0.2, -0.15) is 13.2 Å². The zero-order valence-corrected chi connectivity index (χ0v) is 5.65. The smallest absolute Gasteiger partial charge is 0.325 e.